The van der Waals surface area contributed by atoms with Crippen LogP contribution < -0.4 is 4.74 Å². The van der Waals surface area contributed by atoms with Crippen LogP contribution in [-0.2, 0) is 0 Å². The van der Waals surface area contributed by atoms with E-state index in [1.807, 2.05) is 39.0 Å². The second-order valence-electron chi connectivity index (χ2n) is 4.62. The topological polar surface area (TPSA) is 29.5 Å². The highest BCUT2D eigenvalue weighted by molar-refractivity contribution is 5.40. The number of hydrogen-bond acceptors (Lipinski definition) is 2. The molecule has 0 aromatic heterocycles. The molecule has 76 valence electrons. The Morgan fingerprint density at radius 2 is 2.14 bits per heavy atom. The van der Waals surface area contributed by atoms with Crippen molar-refractivity contribution in [2.24, 2.45) is 0 Å². The summed E-state index contributed by atoms with van der Waals surface area (Å²) in [7, 11) is 0. The van der Waals surface area contributed by atoms with Crippen LogP contribution >= 0.6 is 0 Å². The van der Waals surface area contributed by atoms with Gasteiger partial charge in [0.2, 0.25) is 0 Å². The average molecular weight is 192 g/mol. The van der Waals surface area contributed by atoms with Crippen molar-refractivity contribution in [3.8, 4) is 5.75 Å². The second-order valence-corrected chi connectivity index (χ2v) is 4.62. The van der Waals surface area contributed by atoms with Gasteiger partial charge in [-0.2, -0.15) is 0 Å². The number of fused-ring (bicyclic) bond motifs is 1. The van der Waals surface area contributed by atoms with Crippen molar-refractivity contribution in [2.75, 3.05) is 0 Å². The normalized spacial score (nSPS) is 23.9. The molecule has 1 aromatic carbocycles. The van der Waals surface area contributed by atoms with Crippen LogP contribution in [0.25, 0.3) is 0 Å². The van der Waals surface area contributed by atoms with E-state index in [-0.39, 0.29) is 5.60 Å². The van der Waals surface area contributed by atoms with Gasteiger partial charge >= 0.3 is 0 Å². The highest BCUT2D eigenvalue weighted by Gasteiger charge is 2.32. The van der Waals surface area contributed by atoms with Crippen LogP contribution in [0.2, 0.25) is 0 Å². The van der Waals surface area contributed by atoms with E-state index in [1.54, 1.807) is 0 Å². The molecule has 1 heterocycles. The number of hydrogen-bond donors (Lipinski definition) is 1. The summed E-state index contributed by atoms with van der Waals surface area (Å²) in [5, 5.41) is 9.94. The summed E-state index contributed by atoms with van der Waals surface area (Å²) in [5.74, 6) is 0.819. The fourth-order valence-electron chi connectivity index (χ4n) is 1.94. The van der Waals surface area contributed by atoms with Gasteiger partial charge in [-0.1, -0.05) is 11.6 Å². The van der Waals surface area contributed by atoms with E-state index in [4.69, 9.17) is 4.74 Å². The van der Waals surface area contributed by atoms with Crippen LogP contribution in [0.4, 0.5) is 0 Å². The number of benzene rings is 1. The number of rotatable bonds is 0. The van der Waals surface area contributed by atoms with Gasteiger partial charge in [0.1, 0.15) is 11.4 Å². The third kappa shape index (κ3) is 1.62. The molecular formula is C12H16O2. The zero-order valence-electron chi connectivity index (χ0n) is 8.87. The molecule has 0 aliphatic carbocycles. The van der Waals surface area contributed by atoms with Gasteiger partial charge in [-0.05, 0) is 32.9 Å². The molecule has 2 heteroatoms. The van der Waals surface area contributed by atoms with Crippen LogP contribution in [0.5, 0.6) is 5.75 Å². The van der Waals surface area contributed by atoms with Crippen molar-refractivity contribution in [1.82, 2.24) is 0 Å². The number of ether oxygens (including phenoxy) is 1. The van der Waals surface area contributed by atoms with Crippen molar-refractivity contribution in [2.45, 2.75) is 38.9 Å². The van der Waals surface area contributed by atoms with Crippen molar-refractivity contribution in [3.63, 3.8) is 0 Å². The lowest BCUT2D eigenvalue weighted by molar-refractivity contribution is 0.0115. The molecule has 1 aliphatic heterocycles. The summed E-state index contributed by atoms with van der Waals surface area (Å²) >= 11 is 0. The zero-order chi connectivity index (χ0) is 10.3. The summed E-state index contributed by atoms with van der Waals surface area (Å²) in [4.78, 5) is 0. The van der Waals surface area contributed by atoms with Crippen molar-refractivity contribution in [3.05, 3.63) is 29.3 Å². The van der Waals surface area contributed by atoms with Crippen LogP contribution in [0.3, 0.4) is 0 Å². The standard InChI is InChI=1S/C12H16O2/c1-8-4-5-11-9(6-8)10(13)7-12(2,3)14-11/h4-6,10,13H,7H2,1-3H3/t10-/m1/s1. The molecular weight excluding hydrogens is 176 g/mol. The van der Waals surface area contributed by atoms with Gasteiger partial charge in [0, 0.05) is 12.0 Å². The van der Waals surface area contributed by atoms with Gasteiger partial charge in [0.05, 0.1) is 6.10 Å². The number of aryl methyl sites for hydroxylation is 1. The quantitative estimate of drug-likeness (QED) is 0.684. The molecule has 0 saturated carbocycles. The lowest BCUT2D eigenvalue weighted by Crippen LogP contribution is -2.34. The summed E-state index contributed by atoms with van der Waals surface area (Å²) < 4.78 is 5.78. The average Bonchev–Trinajstić information content (AvgIpc) is 2.05. The molecule has 1 aliphatic rings. The highest BCUT2D eigenvalue weighted by Crippen LogP contribution is 2.39. The lowest BCUT2D eigenvalue weighted by Gasteiger charge is -2.35. The summed E-state index contributed by atoms with van der Waals surface area (Å²) in [6, 6.07) is 5.94. The molecule has 0 bridgehead atoms. The first-order chi connectivity index (χ1) is 6.48. The maximum atomic E-state index is 9.94. The van der Waals surface area contributed by atoms with E-state index < -0.39 is 6.10 Å². The third-order valence-corrected chi connectivity index (χ3v) is 2.60. The fraction of sp³-hybridized carbons (Fsp3) is 0.500. The largest absolute Gasteiger partial charge is 0.487 e. The van der Waals surface area contributed by atoms with E-state index in [0.29, 0.717) is 6.42 Å². The van der Waals surface area contributed by atoms with Crippen LogP contribution in [0.15, 0.2) is 18.2 Å². The monoisotopic (exact) mass is 192 g/mol. The minimum Gasteiger partial charge on any atom is -0.487 e. The predicted molar refractivity (Wildman–Crippen MR) is 55.5 cm³/mol. The zero-order valence-corrected chi connectivity index (χ0v) is 8.87. The summed E-state index contributed by atoms with van der Waals surface area (Å²) in [5.41, 5.74) is 1.82. The van der Waals surface area contributed by atoms with Crippen molar-refractivity contribution in [1.29, 1.82) is 0 Å². The Kier molecular flexibility index (Phi) is 2.04. The number of aliphatic hydroxyl groups excluding tert-OH is 1. The minimum atomic E-state index is -0.395. The minimum absolute atomic E-state index is 0.262. The van der Waals surface area contributed by atoms with Crippen molar-refractivity contribution < 1.29 is 9.84 Å². The van der Waals surface area contributed by atoms with Gasteiger partial charge in [-0.3, -0.25) is 0 Å². The molecule has 0 spiro atoms. The van der Waals surface area contributed by atoms with Gasteiger partial charge in [-0.25, -0.2) is 0 Å². The Bertz CT molecular complexity index is 355. The third-order valence-electron chi connectivity index (χ3n) is 2.60. The molecule has 2 rings (SSSR count). The second kappa shape index (κ2) is 2.99. The Morgan fingerprint density at radius 1 is 1.43 bits per heavy atom. The molecule has 0 unspecified atom stereocenters. The highest BCUT2D eigenvalue weighted by atomic mass is 16.5. The van der Waals surface area contributed by atoms with E-state index in [2.05, 4.69) is 0 Å². The van der Waals surface area contributed by atoms with E-state index in [0.717, 1.165) is 16.9 Å². The van der Waals surface area contributed by atoms with Crippen LogP contribution in [-0.4, -0.2) is 10.7 Å². The first-order valence-electron chi connectivity index (χ1n) is 4.95. The molecule has 0 saturated heterocycles. The van der Waals surface area contributed by atoms with Gasteiger partial charge in [-0.15, -0.1) is 0 Å². The maximum Gasteiger partial charge on any atom is 0.125 e. The molecule has 0 radical (unpaired) electrons. The molecule has 0 fully saturated rings. The van der Waals surface area contributed by atoms with Gasteiger partial charge in [0.15, 0.2) is 0 Å². The molecule has 14 heavy (non-hydrogen) atoms. The first-order valence-corrected chi connectivity index (χ1v) is 4.95. The summed E-state index contributed by atoms with van der Waals surface area (Å²) in [6.07, 6.45) is 0.261. The number of aliphatic hydroxyl groups is 1. The first kappa shape index (κ1) is 9.53. The molecule has 1 N–H and O–H groups in total. The SMILES string of the molecule is Cc1ccc2c(c1)[C@H](O)CC(C)(C)O2. The van der Waals surface area contributed by atoms with E-state index in [1.165, 1.54) is 0 Å². The molecule has 2 nitrogen and oxygen atoms in total. The fourth-order valence-corrected chi connectivity index (χ4v) is 1.94. The molecule has 0 amide bonds. The van der Waals surface area contributed by atoms with E-state index in [9.17, 15) is 5.11 Å². The Morgan fingerprint density at radius 3 is 2.86 bits per heavy atom. The van der Waals surface area contributed by atoms with Gasteiger partial charge in [0.25, 0.3) is 0 Å². The van der Waals surface area contributed by atoms with Crippen LogP contribution in [0.1, 0.15) is 37.5 Å². The lowest BCUT2D eigenvalue weighted by atomic mass is 9.91. The smallest absolute Gasteiger partial charge is 0.125 e. The molecule has 1 atom stereocenters. The Hall–Kier alpha value is -1.02. The Labute approximate surface area is 84.5 Å². The van der Waals surface area contributed by atoms with Crippen LogP contribution in [0, 0.1) is 6.92 Å². The Balaban J connectivity index is 2.45. The van der Waals surface area contributed by atoms with Gasteiger partial charge < -0.3 is 9.84 Å². The predicted octanol–water partition coefficient (Wildman–Crippen LogP) is 2.59. The van der Waals surface area contributed by atoms with Crippen molar-refractivity contribution >= 4 is 0 Å². The maximum absolute atomic E-state index is 9.94. The molecule has 1 aromatic rings. The van der Waals surface area contributed by atoms with E-state index >= 15 is 0 Å². The summed E-state index contributed by atoms with van der Waals surface area (Å²) in [6.45, 7) is 6.02.